The average Bonchev–Trinajstić information content (AvgIpc) is 3.12. The van der Waals surface area contributed by atoms with Crippen LogP contribution in [0.15, 0.2) is 54.9 Å². The minimum atomic E-state index is -0.415. The molecule has 0 aliphatic heterocycles. The Balaban J connectivity index is 1.54. The highest BCUT2D eigenvalue weighted by Crippen LogP contribution is 2.14. The van der Waals surface area contributed by atoms with Crippen LogP contribution in [0.4, 0.5) is 5.69 Å². The summed E-state index contributed by atoms with van der Waals surface area (Å²) in [5, 5.41) is 9.64. The largest absolute Gasteiger partial charge is 0.350 e. The molecule has 1 aromatic heterocycles. The van der Waals surface area contributed by atoms with E-state index in [0.29, 0.717) is 12.2 Å². The van der Waals surface area contributed by atoms with Gasteiger partial charge in [-0.05, 0) is 42.7 Å². The van der Waals surface area contributed by atoms with Crippen LogP contribution in [0, 0.1) is 13.8 Å². The predicted octanol–water partition coefficient (Wildman–Crippen LogP) is 2.46. The third-order valence-electron chi connectivity index (χ3n) is 4.14. The molecule has 2 aromatic carbocycles. The van der Waals surface area contributed by atoms with Crippen molar-refractivity contribution in [3.8, 4) is 0 Å². The molecule has 0 atom stereocenters. The Bertz CT molecular complexity index is 950. The molecule has 7 heteroatoms. The molecular weight excluding hydrogens is 342 g/mol. The fourth-order valence-corrected chi connectivity index (χ4v) is 2.48. The molecule has 0 fully saturated rings. The topological polar surface area (TPSA) is 88.9 Å². The lowest BCUT2D eigenvalue weighted by atomic mass is 10.1. The van der Waals surface area contributed by atoms with Crippen molar-refractivity contribution >= 4 is 17.5 Å². The molecule has 0 saturated heterocycles. The van der Waals surface area contributed by atoms with Crippen LogP contribution in [0.25, 0.3) is 0 Å². The van der Waals surface area contributed by atoms with Gasteiger partial charge in [0.25, 0.3) is 5.91 Å². The van der Waals surface area contributed by atoms with Gasteiger partial charge in [-0.3, -0.25) is 9.59 Å². The van der Waals surface area contributed by atoms with Gasteiger partial charge >= 0.3 is 0 Å². The van der Waals surface area contributed by atoms with Crippen molar-refractivity contribution < 1.29 is 9.59 Å². The molecule has 0 aliphatic carbocycles. The van der Waals surface area contributed by atoms with Crippen molar-refractivity contribution in [1.29, 1.82) is 0 Å². The summed E-state index contributed by atoms with van der Waals surface area (Å²) in [6.07, 6.45) is 1.37. The van der Waals surface area contributed by atoms with Gasteiger partial charge in [0.15, 0.2) is 0 Å². The maximum Gasteiger partial charge on any atom is 0.295 e. The number of amides is 2. The Morgan fingerprint density at radius 3 is 2.56 bits per heavy atom. The summed E-state index contributed by atoms with van der Waals surface area (Å²) in [5.74, 6) is -0.601. The fourth-order valence-electron chi connectivity index (χ4n) is 2.48. The number of rotatable bonds is 6. The molecule has 2 amide bonds. The molecule has 7 nitrogen and oxygen atoms in total. The number of carbonyl (C=O) groups is 2. The highest BCUT2D eigenvalue weighted by Gasteiger charge is 2.13. The lowest BCUT2D eigenvalue weighted by Crippen LogP contribution is -2.27. The normalized spacial score (nSPS) is 10.4. The summed E-state index contributed by atoms with van der Waals surface area (Å²) in [6, 6.07) is 15.3. The molecule has 27 heavy (non-hydrogen) atoms. The lowest BCUT2D eigenvalue weighted by molar-refractivity contribution is -0.122. The van der Waals surface area contributed by atoms with Crippen LogP contribution >= 0.6 is 0 Å². The summed E-state index contributed by atoms with van der Waals surface area (Å²) in [4.78, 5) is 28.3. The van der Waals surface area contributed by atoms with Gasteiger partial charge in [-0.1, -0.05) is 36.4 Å². The Kier molecular flexibility index (Phi) is 5.61. The molecule has 0 aliphatic rings. The van der Waals surface area contributed by atoms with Gasteiger partial charge in [-0.2, -0.15) is 0 Å². The third kappa shape index (κ3) is 5.01. The van der Waals surface area contributed by atoms with E-state index >= 15 is 0 Å². The molecule has 0 radical (unpaired) electrons. The lowest BCUT2D eigenvalue weighted by Gasteiger charge is -2.06. The smallest absolute Gasteiger partial charge is 0.295 e. The van der Waals surface area contributed by atoms with Gasteiger partial charge < -0.3 is 10.6 Å². The molecule has 0 saturated carbocycles. The molecule has 3 rings (SSSR count). The maximum atomic E-state index is 12.3. The highest BCUT2D eigenvalue weighted by molar-refractivity contribution is 6.01. The van der Waals surface area contributed by atoms with Gasteiger partial charge in [-0.15, -0.1) is 5.10 Å². The second-order valence-corrected chi connectivity index (χ2v) is 6.28. The second-order valence-electron chi connectivity index (χ2n) is 6.28. The number of benzene rings is 2. The van der Waals surface area contributed by atoms with E-state index in [1.54, 1.807) is 0 Å². The van der Waals surface area contributed by atoms with Crippen molar-refractivity contribution in [1.82, 2.24) is 20.1 Å². The fraction of sp³-hybridized carbons (Fsp3) is 0.200. The Hall–Kier alpha value is -3.48. The first kappa shape index (κ1) is 18.3. The summed E-state index contributed by atoms with van der Waals surface area (Å²) in [6.45, 7) is 4.42. The van der Waals surface area contributed by atoms with Crippen molar-refractivity contribution in [2.45, 2.75) is 26.9 Å². The number of hydrogen-bond acceptors (Lipinski definition) is 4. The van der Waals surface area contributed by atoms with Crippen molar-refractivity contribution in [3.63, 3.8) is 0 Å². The molecule has 138 valence electrons. The molecule has 2 N–H and O–H groups in total. The van der Waals surface area contributed by atoms with Crippen LogP contribution in [-0.2, 0) is 17.9 Å². The van der Waals surface area contributed by atoms with E-state index in [-0.39, 0.29) is 18.3 Å². The summed E-state index contributed by atoms with van der Waals surface area (Å²) in [7, 11) is 0. The average molecular weight is 363 g/mol. The number of anilines is 1. The molecule has 0 spiro atoms. The van der Waals surface area contributed by atoms with Crippen molar-refractivity contribution in [2.24, 2.45) is 0 Å². The minimum absolute atomic E-state index is 0.00322. The SMILES string of the molecule is Cc1ccc(NC(=O)c2ncn(CC(=O)NCc3ccccc3)n2)cc1C. The summed E-state index contributed by atoms with van der Waals surface area (Å²) < 4.78 is 1.34. The zero-order valence-electron chi connectivity index (χ0n) is 15.3. The molecular formula is C20H21N5O2. The first-order valence-electron chi connectivity index (χ1n) is 8.60. The van der Waals surface area contributed by atoms with E-state index in [9.17, 15) is 9.59 Å². The second kappa shape index (κ2) is 8.27. The molecule has 0 bridgehead atoms. The van der Waals surface area contributed by atoms with Crippen molar-refractivity contribution in [2.75, 3.05) is 5.32 Å². The van der Waals surface area contributed by atoms with E-state index in [2.05, 4.69) is 20.7 Å². The first-order chi connectivity index (χ1) is 13.0. The maximum absolute atomic E-state index is 12.3. The van der Waals surface area contributed by atoms with Gasteiger partial charge in [0, 0.05) is 12.2 Å². The molecule has 3 aromatic rings. The van der Waals surface area contributed by atoms with E-state index in [1.165, 1.54) is 11.0 Å². The Morgan fingerprint density at radius 1 is 1.04 bits per heavy atom. The summed E-state index contributed by atoms with van der Waals surface area (Å²) in [5.41, 5.74) is 3.93. The van der Waals surface area contributed by atoms with Crippen LogP contribution in [0.1, 0.15) is 27.3 Å². The third-order valence-corrected chi connectivity index (χ3v) is 4.14. The first-order valence-corrected chi connectivity index (χ1v) is 8.60. The zero-order chi connectivity index (χ0) is 19.2. The number of carbonyl (C=O) groups excluding carboxylic acids is 2. The van der Waals surface area contributed by atoms with E-state index < -0.39 is 5.91 Å². The Morgan fingerprint density at radius 2 is 1.81 bits per heavy atom. The van der Waals surface area contributed by atoms with E-state index in [1.807, 2.05) is 62.4 Å². The number of nitrogens with zero attached hydrogens (tertiary/aromatic N) is 3. The molecule has 1 heterocycles. The molecule has 0 unspecified atom stereocenters. The quantitative estimate of drug-likeness (QED) is 0.704. The van der Waals surface area contributed by atoms with Crippen LogP contribution < -0.4 is 10.6 Å². The van der Waals surface area contributed by atoms with E-state index in [4.69, 9.17) is 0 Å². The van der Waals surface area contributed by atoms with Gasteiger partial charge in [0.05, 0.1) is 0 Å². The monoisotopic (exact) mass is 363 g/mol. The predicted molar refractivity (Wildman–Crippen MR) is 102 cm³/mol. The Labute approximate surface area is 157 Å². The number of aromatic nitrogens is 3. The minimum Gasteiger partial charge on any atom is -0.350 e. The number of hydrogen-bond donors (Lipinski definition) is 2. The van der Waals surface area contributed by atoms with Crippen molar-refractivity contribution in [3.05, 3.63) is 77.4 Å². The van der Waals surface area contributed by atoms with Crippen LogP contribution in [0.2, 0.25) is 0 Å². The van der Waals surface area contributed by atoms with Crippen LogP contribution in [0.3, 0.4) is 0 Å². The van der Waals surface area contributed by atoms with Gasteiger partial charge in [0.2, 0.25) is 11.7 Å². The van der Waals surface area contributed by atoms with E-state index in [0.717, 1.165) is 16.7 Å². The number of aryl methyl sites for hydroxylation is 2. The number of nitrogens with one attached hydrogen (secondary N) is 2. The van der Waals surface area contributed by atoms with Gasteiger partial charge in [0.1, 0.15) is 12.9 Å². The summed E-state index contributed by atoms with van der Waals surface area (Å²) >= 11 is 0. The van der Waals surface area contributed by atoms with Gasteiger partial charge in [-0.25, -0.2) is 9.67 Å². The highest BCUT2D eigenvalue weighted by atomic mass is 16.2. The van der Waals surface area contributed by atoms with Crippen LogP contribution in [0.5, 0.6) is 0 Å². The standard InChI is InChI=1S/C20H21N5O2/c1-14-8-9-17(10-15(14)2)23-20(27)19-22-13-25(24-19)12-18(26)21-11-16-6-4-3-5-7-16/h3-10,13H,11-12H2,1-2H3,(H,21,26)(H,23,27). The van der Waals surface area contributed by atoms with Crippen LogP contribution in [-0.4, -0.2) is 26.6 Å². The zero-order valence-corrected chi connectivity index (χ0v) is 15.3.